The van der Waals surface area contributed by atoms with Gasteiger partial charge in [-0.05, 0) is 36.8 Å². The van der Waals surface area contributed by atoms with E-state index in [4.69, 9.17) is 23.8 Å². The zero-order chi connectivity index (χ0) is 14.3. The minimum absolute atomic E-state index is 0.412. The van der Waals surface area contributed by atoms with Crippen LogP contribution < -0.4 is 10.6 Å². The highest BCUT2D eigenvalue weighted by atomic mass is 35.5. The molecular weight excluding hydrogens is 284 g/mol. The van der Waals surface area contributed by atoms with Crippen molar-refractivity contribution in [3.63, 3.8) is 0 Å². The third kappa shape index (κ3) is 5.04. The molecule has 0 fully saturated rings. The Bertz CT molecular complexity index is 466. The number of halogens is 1. The Hall–Kier alpha value is -1.33. The van der Waals surface area contributed by atoms with E-state index < -0.39 is 5.97 Å². The molecule has 0 bridgehead atoms. The lowest BCUT2D eigenvalue weighted by Gasteiger charge is -2.12. The smallest absolute Gasteiger partial charge is 0.337 e. The third-order valence-corrected chi connectivity index (χ3v) is 3.03. The van der Waals surface area contributed by atoms with Crippen molar-refractivity contribution < 1.29 is 9.53 Å². The van der Waals surface area contributed by atoms with E-state index in [1.165, 1.54) is 7.11 Å². The highest BCUT2D eigenvalue weighted by Crippen LogP contribution is 2.23. The van der Waals surface area contributed by atoms with Crippen LogP contribution in [0.25, 0.3) is 0 Å². The summed E-state index contributed by atoms with van der Waals surface area (Å²) in [5.74, 6) is -0.412. The summed E-state index contributed by atoms with van der Waals surface area (Å²) < 4.78 is 4.66. The molecule has 6 heteroatoms. The first-order valence-corrected chi connectivity index (χ1v) is 6.79. The lowest BCUT2D eigenvalue weighted by atomic mass is 10.2. The number of carbonyl (C=O) groups excluding carboxylic acids is 1. The number of anilines is 1. The molecule has 0 aromatic heterocycles. The van der Waals surface area contributed by atoms with E-state index in [2.05, 4.69) is 22.3 Å². The summed E-state index contributed by atoms with van der Waals surface area (Å²) in [7, 11) is 1.33. The number of hydrogen-bond donors (Lipinski definition) is 2. The highest BCUT2D eigenvalue weighted by Gasteiger charge is 2.09. The van der Waals surface area contributed by atoms with E-state index in [9.17, 15) is 4.79 Å². The first-order chi connectivity index (χ1) is 9.08. The molecule has 0 saturated carbocycles. The number of methoxy groups -OCH3 is 1. The quantitative estimate of drug-likeness (QED) is 0.497. The van der Waals surface area contributed by atoms with Crippen LogP contribution in [0, 0.1) is 0 Å². The number of rotatable bonds is 5. The second-order valence-corrected chi connectivity index (χ2v) is 4.74. The maximum atomic E-state index is 11.4. The van der Waals surface area contributed by atoms with E-state index >= 15 is 0 Å². The topological polar surface area (TPSA) is 50.4 Å². The van der Waals surface area contributed by atoms with Crippen LogP contribution in [0.2, 0.25) is 5.02 Å². The van der Waals surface area contributed by atoms with Crippen molar-refractivity contribution in [1.82, 2.24) is 5.32 Å². The number of thiocarbonyl (C=S) groups is 1. The van der Waals surface area contributed by atoms with Gasteiger partial charge < -0.3 is 15.4 Å². The van der Waals surface area contributed by atoms with Crippen LogP contribution in [0.4, 0.5) is 5.69 Å². The number of unbranched alkanes of at least 4 members (excludes halogenated alkanes) is 1. The molecule has 0 aliphatic carbocycles. The average molecular weight is 301 g/mol. The Morgan fingerprint density at radius 2 is 2.21 bits per heavy atom. The van der Waals surface area contributed by atoms with Gasteiger partial charge in [-0.1, -0.05) is 24.9 Å². The fourth-order valence-corrected chi connectivity index (χ4v) is 1.79. The van der Waals surface area contributed by atoms with Crippen LogP contribution in [-0.2, 0) is 4.74 Å². The van der Waals surface area contributed by atoms with Crippen LogP contribution in [0.3, 0.4) is 0 Å². The summed E-state index contributed by atoms with van der Waals surface area (Å²) in [6, 6.07) is 4.85. The van der Waals surface area contributed by atoms with Crippen molar-refractivity contribution in [1.29, 1.82) is 0 Å². The van der Waals surface area contributed by atoms with E-state index in [-0.39, 0.29) is 0 Å². The molecule has 0 atom stereocenters. The minimum Gasteiger partial charge on any atom is -0.465 e. The van der Waals surface area contributed by atoms with Crippen LogP contribution >= 0.6 is 23.8 Å². The maximum Gasteiger partial charge on any atom is 0.337 e. The summed E-state index contributed by atoms with van der Waals surface area (Å²) in [6.45, 7) is 2.91. The molecule has 0 unspecified atom stereocenters. The minimum atomic E-state index is -0.412. The van der Waals surface area contributed by atoms with Crippen LogP contribution in [0.15, 0.2) is 18.2 Å². The summed E-state index contributed by atoms with van der Waals surface area (Å²) in [5.41, 5.74) is 1.00. The molecule has 0 aliphatic rings. The van der Waals surface area contributed by atoms with Gasteiger partial charge in [-0.15, -0.1) is 0 Å². The van der Waals surface area contributed by atoms with Crippen molar-refractivity contribution in [3.8, 4) is 0 Å². The third-order valence-electron chi connectivity index (χ3n) is 2.45. The maximum absolute atomic E-state index is 11.4. The fraction of sp³-hybridized carbons (Fsp3) is 0.385. The van der Waals surface area contributed by atoms with Crippen molar-refractivity contribution in [3.05, 3.63) is 28.8 Å². The zero-order valence-corrected chi connectivity index (χ0v) is 12.5. The second-order valence-electron chi connectivity index (χ2n) is 3.92. The largest absolute Gasteiger partial charge is 0.465 e. The van der Waals surface area contributed by atoms with E-state index in [1.807, 2.05) is 0 Å². The normalized spacial score (nSPS) is 9.84. The molecule has 104 valence electrons. The molecule has 1 aromatic rings. The molecule has 0 spiro atoms. The Labute approximate surface area is 123 Å². The number of nitrogens with one attached hydrogen (secondary N) is 2. The Balaban J connectivity index is 2.71. The van der Waals surface area contributed by atoms with Crippen molar-refractivity contribution in [2.24, 2.45) is 0 Å². The first-order valence-electron chi connectivity index (χ1n) is 6.01. The van der Waals surface area contributed by atoms with Crippen molar-refractivity contribution >= 4 is 40.6 Å². The molecule has 1 rings (SSSR count). The molecule has 1 aromatic carbocycles. The van der Waals surface area contributed by atoms with Crippen molar-refractivity contribution in [2.45, 2.75) is 19.8 Å². The molecule has 0 heterocycles. The molecule has 19 heavy (non-hydrogen) atoms. The monoisotopic (exact) mass is 300 g/mol. The van der Waals surface area contributed by atoms with Crippen LogP contribution in [0.5, 0.6) is 0 Å². The standard InChI is InChI=1S/C13H17ClN2O2S/c1-3-4-7-15-13(19)16-11-8-9(12(17)18-2)5-6-10(11)14/h5-6,8H,3-4,7H2,1-2H3,(H2,15,16,19). The van der Waals surface area contributed by atoms with Gasteiger partial charge in [0.05, 0.1) is 23.4 Å². The average Bonchev–Trinajstić information content (AvgIpc) is 2.40. The van der Waals surface area contributed by atoms with Gasteiger partial charge in [0, 0.05) is 6.54 Å². The molecule has 4 nitrogen and oxygen atoms in total. The van der Waals surface area contributed by atoms with E-state index in [0.29, 0.717) is 21.4 Å². The van der Waals surface area contributed by atoms with Gasteiger partial charge in [-0.2, -0.15) is 0 Å². The molecule has 2 N–H and O–H groups in total. The number of ether oxygens (including phenoxy) is 1. The Morgan fingerprint density at radius 3 is 2.84 bits per heavy atom. The van der Waals surface area contributed by atoms with Gasteiger partial charge in [0.25, 0.3) is 0 Å². The molecular formula is C13H17ClN2O2S. The molecule has 0 aliphatic heterocycles. The number of benzene rings is 1. The van der Waals surface area contributed by atoms with Gasteiger partial charge in [-0.3, -0.25) is 0 Å². The summed E-state index contributed by atoms with van der Waals surface area (Å²) in [6.07, 6.45) is 2.13. The lowest BCUT2D eigenvalue weighted by molar-refractivity contribution is 0.0601. The lowest BCUT2D eigenvalue weighted by Crippen LogP contribution is -2.29. The van der Waals surface area contributed by atoms with Gasteiger partial charge in [-0.25, -0.2) is 4.79 Å². The van der Waals surface area contributed by atoms with Crippen molar-refractivity contribution in [2.75, 3.05) is 19.0 Å². The summed E-state index contributed by atoms with van der Waals surface area (Å²) in [4.78, 5) is 11.4. The highest BCUT2D eigenvalue weighted by molar-refractivity contribution is 7.80. The van der Waals surface area contributed by atoms with Gasteiger partial charge >= 0.3 is 5.97 Å². The summed E-state index contributed by atoms with van der Waals surface area (Å²) >= 11 is 11.2. The number of hydrogen-bond acceptors (Lipinski definition) is 3. The SMILES string of the molecule is CCCCNC(=S)Nc1cc(C(=O)OC)ccc1Cl. The molecule has 0 amide bonds. The molecule has 0 radical (unpaired) electrons. The Morgan fingerprint density at radius 1 is 1.47 bits per heavy atom. The van der Waals surface area contributed by atoms with Gasteiger partial charge in [0.2, 0.25) is 0 Å². The summed E-state index contributed by atoms with van der Waals surface area (Å²) in [5, 5.41) is 7.01. The van der Waals surface area contributed by atoms with Crippen LogP contribution in [-0.4, -0.2) is 24.7 Å². The second kappa shape index (κ2) is 7.96. The fourth-order valence-electron chi connectivity index (χ4n) is 1.41. The predicted octanol–water partition coefficient (Wildman–Crippen LogP) is 3.21. The number of esters is 1. The molecule has 0 saturated heterocycles. The van der Waals surface area contributed by atoms with Gasteiger partial charge in [0.1, 0.15) is 0 Å². The van der Waals surface area contributed by atoms with Crippen LogP contribution in [0.1, 0.15) is 30.1 Å². The van der Waals surface area contributed by atoms with E-state index in [0.717, 1.165) is 19.4 Å². The predicted molar refractivity (Wildman–Crippen MR) is 81.9 cm³/mol. The number of carbonyl (C=O) groups is 1. The zero-order valence-electron chi connectivity index (χ0n) is 11.0. The van der Waals surface area contributed by atoms with E-state index in [1.54, 1.807) is 18.2 Å². The van der Waals surface area contributed by atoms with Gasteiger partial charge in [0.15, 0.2) is 5.11 Å². The first kappa shape index (κ1) is 15.7. The Kier molecular flexibility index (Phi) is 6.59.